The van der Waals surface area contributed by atoms with Gasteiger partial charge in [0.05, 0.1) is 22.6 Å². The molecule has 1 saturated heterocycles. The molecule has 6 heteroatoms. The van der Waals surface area contributed by atoms with Crippen LogP contribution in [0.1, 0.15) is 30.5 Å². The molecule has 0 aromatic carbocycles. The van der Waals surface area contributed by atoms with Gasteiger partial charge in [-0.15, -0.1) is 0 Å². The number of rotatable bonds is 3. The summed E-state index contributed by atoms with van der Waals surface area (Å²) in [6.07, 6.45) is 5.24. The molecule has 3 rings (SSSR count). The maximum atomic E-state index is 11.5. The molecule has 0 N–H and O–H groups in total. The zero-order valence-electron chi connectivity index (χ0n) is 13.2. The number of carbonyl (C=O) groups is 1. The molecule has 1 atom stereocenters. The fourth-order valence-electron chi connectivity index (χ4n) is 3.10. The van der Waals surface area contributed by atoms with Gasteiger partial charge in [0, 0.05) is 32.4 Å². The summed E-state index contributed by atoms with van der Waals surface area (Å²) in [5.41, 5.74) is 3.56. The SMILES string of the molecule is CC(=O)N1CC[C@@H](Cc2nccnc2-c2c(C)noc2C)C1. The minimum Gasteiger partial charge on any atom is -0.361 e. The van der Waals surface area contributed by atoms with Crippen LogP contribution in [0.15, 0.2) is 16.9 Å². The molecule has 22 heavy (non-hydrogen) atoms. The fraction of sp³-hybridized carbons (Fsp3) is 0.500. The van der Waals surface area contributed by atoms with Crippen molar-refractivity contribution >= 4 is 5.91 Å². The van der Waals surface area contributed by atoms with Gasteiger partial charge in [-0.3, -0.25) is 14.8 Å². The van der Waals surface area contributed by atoms with Gasteiger partial charge in [-0.25, -0.2) is 0 Å². The fourth-order valence-corrected chi connectivity index (χ4v) is 3.10. The van der Waals surface area contributed by atoms with E-state index in [0.29, 0.717) is 5.92 Å². The first-order chi connectivity index (χ1) is 10.6. The number of aryl methyl sites for hydroxylation is 2. The van der Waals surface area contributed by atoms with Crippen molar-refractivity contribution in [3.8, 4) is 11.3 Å². The molecule has 0 radical (unpaired) electrons. The molecule has 1 fully saturated rings. The molecule has 0 bridgehead atoms. The summed E-state index contributed by atoms with van der Waals surface area (Å²) in [5, 5.41) is 4.01. The monoisotopic (exact) mass is 300 g/mol. The van der Waals surface area contributed by atoms with E-state index in [4.69, 9.17) is 4.52 Å². The number of aromatic nitrogens is 3. The number of hydrogen-bond donors (Lipinski definition) is 0. The Kier molecular flexibility index (Phi) is 3.92. The predicted molar refractivity (Wildman–Crippen MR) is 81.1 cm³/mol. The van der Waals surface area contributed by atoms with Crippen LogP contribution in [0, 0.1) is 19.8 Å². The molecule has 1 aliphatic heterocycles. The van der Waals surface area contributed by atoms with Gasteiger partial charge in [0.25, 0.3) is 0 Å². The molecule has 116 valence electrons. The van der Waals surface area contributed by atoms with Crippen LogP contribution in [-0.2, 0) is 11.2 Å². The molecule has 2 aromatic rings. The van der Waals surface area contributed by atoms with Crippen molar-refractivity contribution in [1.29, 1.82) is 0 Å². The van der Waals surface area contributed by atoms with Crippen LogP contribution in [0.2, 0.25) is 0 Å². The summed E-state index contributed by atoms with van der Waals surface area (Å²) in [6.45, 7) is 7.06. The average Bonchev–Trinajstić information content (AvgIpc) is 3.08. The smallest absolute Gasteiger partial charge is 0.219 e. The van der Waals surface area contributed by atoms with Gasteiger partial charge in [0.2, 0.25) is 5.91 Å². The van der Waals surface area contributed by atoms with E-state index in [1.54, 1.807) is 19.3 Å². The Hall–Kier alpha value is -2.24. The van der Waals surface area contributed by atoms with Gasteiger partial charge in [-0.2, -0.15) is 0 Å². The van der Waals surface area contributed by atoms with E-state index in [2.05, 4.69) is 15.1 Å². The van der Waals surface area contributed by atoms with Crippen LogP contribution in [0.4, 0.5) is 0 Å². The molecule has 0 unspecified atom stereocenters. The minimum atomic E-state index is 0.146. The average molecular weight is 300 g/mol. The first-order valence-electron chi connectivity index (χ1n) is 7.55. The van der Waals surface area contributed by atoms with Gasteiger partial charge in [0.1, 0.15) is 5.76 Å². The molecular weight excluding hydrogens is 280 g/mol. The Labute approximate surface area is 129 Å². The number of hydrogen-bond acceptors (Lipinski definition) is 5. The number of amides is 1. The first-order valence-corrected chi connectivity index (χ1v) is 7.55. The summed E-state index contributed by atoms with van der Waals surface area (Å²) < 4.78 is 5.25. The largest absolute Gasteiger partial charge is 0.361 e. The molecule has 0 spiro atoms. The van der Waals surface area contributed by atoms with E-state index in [1.165, 1.54) is 0 Å². The van der Waals surface area contributed by atoms with Crippen LogP contribution in [-0.4, -0.2) is 39.0 Å². The Balaban J connectivity index is 1.85. The highest BCUT2D eigenvalue weighted by molar-refractivity contribution is 5.73. The summed E-state index contributed by atoms with van der Waals surface area (Å²) >= 11 is 0. The van der Waals surface area contributed by atoms with Gasteiger partial charge < -0.3 is 9.42 Å². The second-order valence-electron chi connectivity index (χ2n) is 5.87. The minimum absolute atomic E-state index is 0.146. The van der Waals surface area contributed by atoms with Crippen molar-refractivity contribution < 1.29 is 9.32 Å². The topological polar surface area (TPSA) is 72.1 Å². The highest BCUT2D eigenvalue weighted by atomic mass is 16.5. The Morgan fingerprint density at radius 2 is 2.14 bits per heavy atom. The van der Waals surface area contributed by atoms with Crippen molar-refractivity contribution in [2.45, 2.75) is 33.6 Å². The van der Waals surface area contributed by atoms with Gasteiger partial charge >= 0.3 is 0 Å². The van der Waals surface area contributed by atoms with Crippen molar-refractivity contribution in [3.05, 3.63) is 29.5 Å². The molecule has 1 amide bonds. The maximum absolute atomic E-state index is 11.5. The molecule has 3 heterocycles. The second kappa shape index (κ2) is 5.87. The van der Waals surface area contributed by atoms with Gasteiger partial charge in [-0.05, 0) is 32.6 Å². The standard InChI is InChI=1S/C16H20N4O2/c1-10-15(11(2)22-19-10)16-14(17-5-6-18-16)8-13-4-7-20(9-13)12(3)21/h5-6,13H,4,7-9H2,1-3H3/t13-/m0/s1. The van der Waals surface area contributed by atoms with E-state index in [-0.39, 0.29) is 5.91 Å². The zero-order chi connectivity index (χ0) is 15.7. The summed E-state index contributed by atoms with van der Waals surface area (Å²) in [7, 11) is 0. The van der Waals surface area contributed by atoms with E-state index >= 15 is 0 Å². The lowest BCUT2D eigenvalue weighted by Gasteiger charge is -2.14. The van der Waals surface area contributed by atoms with Crippen molar-refractivity contribution in [2.75, 3.05) is 13.1 Å². The van der Waals surface area contributed by atoms with Crippen LogP contribution < -0.4 is 0 Å². The van der Waals surface area contributed by atoms with Crippen LogP contribution in [0.3, 0.4) is 0 Å². The van der Waals surface area contributed by atoms with Crippen molar-refractivity contribution in [1.82, 2.24) is 20.0 Å². The summed E-state index contributed by atoms with van der Waals surface area (Å²) in [4.78, 5) is 22.4. The van der Waals surface area contributed by atoms with Gasteiger partial charge in [-0.1, -0.05) is 5.16 Å². The third-order valence-electron chi connectivity index (χ3n) is 4.26. The summed E-state index contributed by atoms with van der Waals surface area (Å²) in [6, 6.07) is 0. The first kappa shape index (κ1) is 14.7. The molecule has 0 saturated carbocycles. The highest BCUT2D eigenvalue weighted by Crippen LogP contribution is 2.29. The molecule has 6 nitrogen and oxygen atoms in total. The maximum Gasteiger partial charge on any atom is 0.219 e. The van der Waals surface area contributed by atoms with Crippen LogP contribution >= 0.6 is 0 Å². The molecule has 2 aromatic heterocycles. The Morgan fingerprint density at radius 3 is 2.77 bits per heavy atom. The quantitative estimate of drug-likeness (QED) is 0.868. The lowest BCUT2D eigenvalue weighted by molar-refractivity contribution is -0.127. The van der Waals surface area contributed by atoms with Crippen LogP contribution in [0.5, 0.6) is 0 Å². The molecule has 0 aliphatic carbocycles. The number of nitrogens with zero attached hydrogens (tertiary/aromatic N) is 4. The molecular formula is C16H20N4O2. The lowest BCUT2D eigenvalue weighted by Crippen LogP contribution is -2.26. The van der Waals surface area contributed by atoms with Crippen molar-refractivity contribution in [2.24, 2.45) is 5.92 Å². The highest BCUT2D eigenvalue weighted by Gasteiger charge is 2.26. The van der Waals surface area contributed by atoms with E-state index in [1.807, 2.05) is 18.7 Å². The summed E-state index contributed by atoms with van der Waals surface area (Å²) in [5.74, 6) is 1.34. The number of likely N-dealkylation sites (tertiary alicyclic amines) is 1. The molecule has 1 aliphatic rings. The third-order valence-corrected chi connectivity index (χ3v) is 4.26. The zero-order valence-corrected chi connectivity index (χ0v) is 13.2. The van der Waals surface area contributed by atoms with E-state index in [0.717, 1.165) is 54.3 Å². The Morgan fingerprint density at radius 1 is 1.36 bits per heavy atom. The third kappa shape index (κ3) is 2.73. The normalized spacial score (nSPS) is 18.0. The van der Waals surface area contributed by atoms with Crippen LogP contribution in [0.25, 0.3) is 11.3 Å². The van der Waals surface area contributed by atoms with Gasteiger partial charge in [0.15, 0.2) is 0 Å². The lowest BCUT2D eigenvalue weighted by atomic mass is 9.98. The van der Waals surface area contributed by atoms with Crippen molar-refractivity contribution in [3.63, 3.8) is 0 Å². The predicted octanol–water partition coefficient (Wildman–Crippen LogP) is 2.16. The Bertz CT molecular complexity index is 676. The number of carbonyl (C=O) groups excluding carboxylic acids is 1. The second-order valence-corrected chi connectivity index (χ2v) is 5.87. The van der Waals surface area contributed by atoms with E-state index in [9.17, 15) is 4.79 Å². The van der Waals surface area contributed by atoms with E-state index < -0.39 is 0 Å².